The number of carbonyl (C=O) groups excluding carboxylic acids is 2. The van der Waals surface area contributed by atoms with Gasteiger partial charge >= 0.3 is 5.97 Å². The van der Waals surface area contributed by atoms with Crippen LogP contribution in [0.1, 0.15) is 36.5 Å². The molecule has 0 unspecified atom stereocenters. The lowest BCUT2D eigenvalue weighted by Gasteiger charge is -2.37. The van der Waals surface area contributed by atoms with Crippen molar-refractivity contribution in [3.63, 3.8) is 0 Å². The Morgan fingerprint density at radius 2 is 1.63 bits per heavy atom. The highest BCUT2D eigenvalue weighted by molar-refractivity contribution is 5.84. The SMILES string of the molecule is C[C@H](OC(=O)Cc1ccc2c(c1)CCCC2)C(=O)N1CCN(c2ccccc2)CC1. The first-order chi connectivity index (χ1) is 14.6. The number of ether oxygens (including phenoxy) is 1. The lowest BCUT2D eigenvalue weighted by atomic mass is 9.90. The first kappa shape index (κ1) is 20.5. The summed E-state index contributed by atoms with van der Waals surface area (Å²) in [6.07, 6.45) is 4.13. The summed E-state index contributed by atoms with van der Waals surface area (Å²) in [7, 11) is 0. The van der Waals surface area contributed by atoms with Crippen LogP contribution in [-0.4, -0.2) is 49.1 Å². The Morgan fingerprint density at radius 3 is 2.37 bits per heavy atom. The number of anilines is 1. The Labute approximate surface area is 178 Å². The van der Waals surface area contributed by atoms with E-state index < -0.39 is 6.10 Å². The largest absolute Gasteiger partial charge is 0.452 e. The van der Waals surface area contributed by atoms with Gasteiger partial charge in [0.25, 0.3) is 5.91 Å². The van der Waals surface area contributed by atoms with Crippen LogP contribution in [0.15, 0.2) is 48.5 Å². The molecule has 1 heterocycles. The van der Waals surface area contributed by atoms with Crippen molar-refractivity contribution in [2.24, 2.45) is 0 Å². The van der Waals surface area contributed by atoms with Gasteiger partial charge in [-0.05, 0) is 61.4 Å². The smallest absolute Gasteiger partial charge is 0.311 e. The summed E-state index contributed by atoms with van der Waals surface area (Å²) < 4.78 is 5.48. The molecule has 1 amide bonds. The monoisotopic (exact) mass is 406 g/mol. The molecule has 5 heteroatoms. The summed E-state index contributed by atoms with van der Waals surface area (Å²) in [6, 6.07) is 16.5. The van der Waals surface area contributed by atoms with Gasteiger partial charge in [0, 0.05) is 31.9 Å². The summed E-state index contributed by atoms with van der Waals surface area (Å²) in [4.78, 5) is 29.2. The molecule has 1 fully saturated rings. The molecule has 2 aromatic rings. The van der Waals surface area contributed by atoms with Crippen molar-refractivity contribution in [2.75, 3.05) is 31.1 Å². The first-order valence-electron chi connectivity index (χ1n) is 11.0. The topological polar surface area (TPSA) is 49.9 Å². The van der Waals surface area contributed by atoms with Crippen LogP contribution in [0.3, 0.4) is 0 Å². The molecule has 0 radical (unpaired) electrons. The number of nitrogens with zero attached hydrogens (tertiary/aromatic N) is 2. The van der Waals surface area contributed by atoms with Gasteiger partial charge in [-0.15, -0.1) is 0 Å². The van der Waals surface area contributed by atoms with Crippen molar-refractivity contribution in [1.29, 1.82) is 0 Å². The van der Waals surface area contributed by atoms with E-state index in [0.717, 1.165) is 31.5 Å². The van der Waals surface area contributed by atoms with Gasteiger partial charge in [0.15, 0.2) is 6.10 Å². The van der Waals surface area contributed by atoms with Gasteiger partial charge in [0.2, 0.25) is 0 Å². The second kappa shape index (κ2) is 9.33. The fourth-order valence-electron chi connectivity index (χ4n) is 4.43. The highest BCUT2D eigenvalue weighted by Gasteiger charge is 2.27. The Kier molecular flexibility index (Phi) is 6.36. The molecule has 158 valence electrons. The van der Waals surface area contributed by atoms with E-state index in [1.165, 1.54) is 29.7 Å². The molecule has 1 saturated heterocycles. The van der Waals surface area contributed by atoms with Crippen LogP contribution in [0, 0.1) is 0 Å². The second-order valence-electron chi connectivity index (χ2n) is 8.27. The van der Waals surface area contributed by atoms with Crippen LogP contribution in [-0.2, 0) is 33.6 Å². The van der Waals surface area contributed by atoms with Crippen molar-refractivity contribution < 1.29 is 14.3 Å². The van der Waals surface area contributed by atoms with Gasteiger partial charge in [0.05, 0.1) is 6.42 Å². The van der Waals surface area contributed by atoms with Crippen molar-refractivity contribution in [1.82, 2.24) is 4.90 Å². The molecule has 0 saturated carbocycles. The second-order valence-corrected chi connectivity index (χ2v) is 8.27. The Bertz CT molecular complexity index is 889. The molecular formula is C25H30N2O3. The zero-order valence-corrected chi connectivity index (χ0v) is 17.7. The minimum atomic E-state index is -0.751. The Balaban J connectivity index is 1.27. The van der Waals surface area contributed by atoms with Crippen LogP contribution in [0.5, 0.6) is 0 Å². The maximum atomic E-state index is 12.8. The maximum absolute atomic E-state index is 12.8. The third-order valence-electron chi connectivity index (χ3n) is 6.13. The summed E-state index contributed by atoms with van der Waals surface area (Å²) in [5.74, 6) is -0.448. The van der Waals surface area contributed by atoms with E-state index >= 15 is 0 Å². The average molecular weight is 407 g/mol. The summed E-state index contributed by atoms with van der Waals surface area (Å²) in [5.41, 5.74) is 4.90. The number of benzene rings is 2. The minimum absolute atomic E-state index is 0.110. The fraction of sp³-hybridized carbons (Fsp3) is 0.440. The molecule has 1 aliphatic heterocycles. The molecule has 0 spiro atoms. The van der Waals surface area contributed by atoms with Gasteiger partial charge in [-0.3, -0.25) is 9.59 Å². The lowest BCUT2D eigenvalue weighted by molar-refractivity contribution is -0.158. The highest BCUT2D eigenvalue weighted by Crippen LogP contribution is 2.22. The number of para-hydroxylation sites is 1. The number of fused-ring (bicyclic) bond motifs is 1. The fourth-order valence-corrected chi connectivity index (χ4v) is 4.43. The quantitative estimate of drug-likeness (QED) is 0.715. The summed E-state index contributed by atoms with van der Waals surface area (Å²) in [6.45, 7) is 4.52. The van der Waals surface area contributed by atoms with Gasteiger partial charge in [-0.1, -0.05) is 36.4 Å². The van der Waals surface area contributed by atoms with Gasteiger partial charge in [-0.2, -0.15) is 0 Å². The number of carbonyl (C=O) groups is 2. The summed E-state index contributed by atoms with van der Waals surface area (Å²) in [5, 5.41) is 0. The molecule has 0 bridgehead atoms. The predicted molar refractivity (Wildman–Crippen MR) is 118 cm³/mol. The van der Waals surface area contributed by atoms with Crippen LogP contribution in [0.4, 0.5) is 5.69 Å². The van der Waals surface area contributed by atoms with E-state index in [1.54, 1.807) is 11.8 Å². The lowest BCUT2D eigenvalue weighted by Crippen LogP contribution is -2.51. The number of esters is 1. The Hall–Kier alpha value is -2.82. The summed E-state index contributed by atoms with van der Waals surface area (Å²) >= 11 is 0. The minimum Gasteiger partial charge on any atom is -0.452 e. The van der Waals surface area contributed by atoms with Crippen molar-refractivity contribution in [3.05, 3.63) is 65.2 Å². The van der Waals surface area contributed by atoms with Crippen molar-refractivity contribution >= 4 is 17.6 Å². The molecule has 0 N–H and O–H groups in total. The van der Waals surface area contributed by atoms with Crippen LogP contribution in [0.2, 0.25) is 0 Å². The van der Waals surface area contributed by atoms with E-state index in [0.29, 0.717) is 13.1 Å². The normalized spacial score (nSPS) is 17.2. The van der Waals surface area contributed by atoms with Crippen LogP contribution < -0.4 is 4.90 Å². The number of amides is 1. The van der Waals surface area contributed by atoms with Gasteiger partial charge < -0.3 is 14.5 Å². The average Bonchev–Trinajstić information content (AvgIpc) is 2.79. The maximum Gasteiger partial charge on any atom is 0.311 e. The molecule has 1 atom stereocenters. The van der Waals surface area contributed by atoms with E-state index in [2.05, 4.69) is 29.2 Å². The van der Waals surface area contributed by atoms with E-state index in [1.807, 2.05) is 24.3 Å². The number of rotatable bonds is 5. The number of aryl methyl sites for hydroxylation is 2. The molecule has 4 rings (SSSR count). The van der Waals surface area contributed by atoms with E-state index in [4.69, 9.17) is 4.74 Å². The van der Waals surface area contributed by atoms with Crippen LogP contribution >= 0.6 is 0 Å². The number of hydrogen-bond donors (Lipinski definition) is 0. The predicted octanol–water partition coefficient (Wildman–Crippen LogP) is 3.39. The highest BCUT2D eigenvalue weighted by atomic mass is 16.5. The molecule has 1 aliphatic carbocycles. The van der Waals surface area contributed by atoms with Gasteiger partial charge in [-0.25, -0.2) is 0 Å². The van der Waals surface area contributed by atoms with Crippen LogP contribution in [0.25, 0.3) is 0 Å². The molecule has 0 aromatic heterocycles. The van der Waals surface area contributed by atoms with E-state index in [-0.39, 0.29) is 18.3 Å². The molecule has 5 nitrogen and oxygen atoms in total. The van der Waals surface area contributed by atoms with Crippen molar-refractivity contribution in [2.45, 2.75) is 45.1 Å². The first-order valence-corrected chi connectivity index (χ1v) is 11.0. The molecular weight excluding hydrogens is 376 g/mol. The number of hydrogen-bond acceptors (Lipinski definition) is 4. The van der Waals surface area contributed by atoms with Crippen molar-refractivity contribution in [3.8, 4) is 0 Å². The van der Waals surface area contributed by atoms with E-state index in [9.17, 15) is 9.59 Å². The Morgan fingerprint density at radius 1 is 0.933 bits per heavy atom. The standard InChI is InChI=1S/C25H30N2O3/c1-19(25(29)27-15-13-26(14-16-27)23-9-3-2-4-10-23)30-24(28)18-20-11-12-21-7-5-6-8-22(21)17-20/h2-4,9-12,17,19H,5-8,13-16,18H2,1H3/t19-/m0/s1. The molecule has 2 aromatic carbocycles. The molecule has 2 aliphatic rings. The third-order valence-corrected chi connectivity index (χ3v) is 6.13. The zero-order chi connectivity index (χ0) is 20.9. The van der Waals surface area contributed by atoms with Gasteiger partial charge in [0.1, 0.15) is 0 Å². The number of piperazine rings is 1. The molecule has 30 heavy (non-hydrogen) atoms. The third kappa shape index (κ3) is 4.84. The zero-order valence-electron chi connectivity index (χ0n) is 17.7.